The topological polar surface area (TPSA) is 80.3 Å². The molecule has 2 fully saturated rings. The van der Waals surface area contributed by atoms with E-state index < -0.39 is 42.6 Å². The van der Waals surface area contributed by atoms with Gasteiger partial charge in [0.1, 0.15) is 0 Å². The minimum atomic E-state index is -2.63. The van der Waals surface area contributed by atoms with Crippen molar-refractivity contribution in [2.24, 2.45) is 0 Å². The monoisotopic (exact) mass is 698 g/mol. The first-order valence-electron chi connectivity index (χ1n) is 16.4. The van der Waals surface area contributed by atoms with E-state index in [9.17, 15) is 0 Å². The van der Waals surface area contributed by atoms with Gasteiger partial charge in [0.15, 0.2) is 0 Å². The molecular formula is C28H66N2O8Si5. The van der Waals surface area contributed by atoms with Gasteiger partial charge in [-0.1, -0.05) is 49.9 Å². The van der Waals surface area contributed by atoms with Crippen LogP contribution in [0.1, 0.15) is 38.5 Å². The van der Waals surface area contributed by atoms with Crippen LogP contribution in [-0.2, 0) is 35.4 Å². The van der Waals surface area contributed by atoms with Gasteiger partial charge in [-0.05, 0) is 64.2 Å². The number of nitrogens with zero attached hydrogens (tertiary/aromatic N) is 2. The van der Waals surface area contributed by atoms with Gasteiger partial charge in [-0.25, -0.2) is 0 Å². The van der Waals surface area contributed by atoms with Gasteiger partial charge in [0, 0.05) is 69.0 Å². The van der Waals surface area contributed by atoms with Gasteiger partial charge in [0.05, 0.1) is 8.07 Å². The predicted molar refractivity (Wildman–Crippen MR) is 186 cm³/mol. The molecule has 0 aromatic rings. The Kier molecular flexibility index (Phi) is 17.5. The van der Waals surface area contributed by atoms with Crippen molar-refractivity contribution in [2.45, 2.75) is 99.0 Å². The lowest BCUT2D eigenvalue weighted by molar-refractivity contribution is 0.123. The Morgan fingerprint density at radius 3 is 1.07 bits per heavy atom. The van der Waals surface area contributed by atoms with E-state index in [2.05, 4.69) is 23.2 Å². The van der Waals surface area contributed by atoms with E-state index in [4.69, 9.17) is 35.4 Å². The van der Waals surface area contributed by atoms with E-state index in [1.165, 1.54) is 87.1 Å². The van der Waals surface area contributed by atoms with Crippen molar-refractivity contribution >= 4 is 42.6 Å². The molecule has 2 unspecified atom stereocenters. The molecule has 2 saturated heterocycles. The highest BCUT2D eigenvalue weighted by atomic mass is 28.4. The average Bonchev–Trinajstić information content (AvgIpc) is 3.59. The van der Waals surface area contributed by atoms with Crippen LogP contribution in [0.25, 0.3) is 0 Å². The Balaban J connectivity index is 2.30. The van der Waals surface area contributed by atoms with Gasteiger partial charge in [-0.2, -0.15) is 0 Å². The molecule has 0 amide bonds. The van der Waals surface area contributed by atoms with Crippen LogP contribution >= 0.6 is 0 Å². The molecule has 0 radical (unpaired) electrons. The lowest BCUT2D eigenvalue weighted by Gasteiger charge is -2.38. The van der Waals surface area contributed by atoms with Crippen LogP contribution in [0.5, 0.6) is 0 Å². The summed E-state index contributed by atoms with van der Waals surface area (Å²) in [5, 5.41) is 0. The van der Waals surface area contributed by atoms with E-state index in [0.29, 0.717) is 0 Å². The van der Waals surface area contributed by atoms with Crippen LogP contribution < -0.4 is 0 Å². The van der Waals surface area contributed by atoms with Crippen LogP contribution in [0.3, 0.4) is 0 Å². The summed E-state index contributed by atoms with van der Waals surface area (Å²) in [7, 11) is 8.25. The summed E-state index contributed by atoms with van der Waals surface area (Å²) in [4.78, 5) is 0. The Morgan fingerprint density at radius 1 is 0.488 bits per heavy atom. The summed E-state index contributed by atoms with van der Waals surface area (Å²) in [6.07, 6.45) is 7.21. The number of hydrogen-bond acceptors (Lipinski definition) is 10. The average molecular weight is 699 g/mol. The second kappa shape index (κ2) is 18.9. The third-order valence-corrected chi connectivity index (χ3v) is 31.7. The maximum Gasteiger partial charge on any atom is 0.500 e. The Morgan fingerprint density at radius 2 is 0.814 bits per heavy atom. The zero-order valence-corrected chi connectivity index (χ0v) is 34.4. The van der Waals surface area contributed by atoms with Crippen molar-refractivity contribution in [3.05, 3.63) is 0 Å². The van der Waals surface area contributed by atoms with Crippen LogP contribution in [0.4, 0.5) is 0 Å². The molecule has 2 atom stereocenters. The highest BCUT2D eigenvalue weighted by molar-refractivity contribution is 6.80. The normalized spacial score (nSPS) is 24.4. The summed E-state index contributed by atoms with van der Waals surface area (Å²) in [5.41, 5.74) is 0. The largest absolute Gasteiger partial charge is 0.500 e. The lowest BCUT2D eigenvalue weighted by Crippen LogP contribution is -2.49. The molecule has 2 heterocycles. The Bertz CT molecular complexity index is 707. The van der Waals surface area contributed by atoms with Crippen molar-refractivity contribution in [2.75, 3.05) is 84.1 Å². The van der Waals surface area contributed by atoms with Gasteiger partial charge in [0.2, 0.25) is 0 Å². The molecule has 2 aliphatic rings. The number of rotatable bonds is 24. The molecule has 0 saturated carbocycles. The predicted octanol–water partition coefficient (Wildman–Crippen LogP) is 5.60. The smallest absolute Gasteiger partial charge is 0.406 e. The van der Waals surface area contributed by atoms with Gasteiger partial charge in [-0.15, -0.1) is 0 Å². The summed E-state index contributed by atoms with van der Waals surface area (Å²) >= 11 is 0. The fourth-order valence-corrected chi connectivity index (χ4v) is 25.6. The van der Waals surface area contributed by atoms with E-state index in [0.717, 1.165) is 24.9 Å². The molecule has 0 aromatic carbocycles. The van der Waals surface area contributed by atoms with Gasteiger partial charge < -0.3 is 44.5 Å². The Labute approximate surface area is 269 Å². The minimum absolute atomic E-state index is 0.858. The first-order valence-corrected chi connectivity index (χ1v) is 27.6. The quantitative estimate of drug-likeness (QED) is 0.119. The summed E-state index contributed by atoms with van der Waals surface area (Å²) in [6.45, 7) is 2.35. The third-order valence-electron chi connectivity index (χ3n) is 11.1. The molecule has 10 nitrogen and oxygen atoms in total. The highest BCUT2D eigenvalue weighted by Gasteiger charge is 2.46. The maximum atomic E-state index is 6.33. The molecule has 0 bridgehead atoms. The molecule has 0 spiro atoms. The molecular weight excluding hydrogens is 633 g/mol. The van der Waals surface area contributed by atoms with Crippen LogP contribution in [0.15, 0.2) is 0 Å². The fourth-order valence-electron chi connectivity index (χ4n) is 8.03. The first kappa shape index (κ1) is 39.9. The SMILES string of the molecule is CO[Si](CCC[Si](CCC[Si](OC)(OC)OC)(CCC[Si]1(OC)CCCN1C)CCC[Si]1(OC)CCCN1C)(OC)OC. The molecule has 2 aliphatic heterocycles. The summed E-state index contributed by atoms with van der Waals surface area (Å²) in [5.74, 6) is 0. The molecule has 43 heavy (non-hydrogen) atoms. The van der Waals surface area contributed by atoms with Crippen molar-refractivity contribution < 1.29 is 35.4 Å². The summed E-state index contributed by atoms with van der Waals surface area (Å²) < 4.78 is 52.8. The van der Waals surface area contributed by atoms with E-state index >= 15 is 0 Å². The lowest BCUT2D eigenvalue weighted by atomic mass is 10.5. The van der Waals surface area contributed by atoms with Crippen molar-refractivity contribution in [3.8, 4) is 0 Å². The highest BCUT2D eigenvalue weighted by Crippen LogP contribution is 2.40. The molecule has 0 N–H and O–H groups in total. The maximum absolute atomic E-state index is 6.33. The second-order valence-electron chi connectivity index (χ2n) is 12.9. The molecule has 2 rings (SSSR count). The van der Waals surface area contributed by atoms with Crippen LogP contribution in [-0.4, -0.2) is 136 Å². The third kappa shape index (κ3) is 10.3. The standard InChI is InChI=1S/C28H66N2O8Si5/c1-29-17-11-23-40(29,31-3)25-13-19-39(21-15-27-42(33-5,34-6)35-7,22-16-28-43(36-8,37-9)38-10)20-14-26-41(32-4)24-12-18-30(41)2/h11-28H2,1-10H3. The molecule has 0 aliphatic carbocycles. The van der Waals surface area contributed by atoms with E-state index in [1.807, 2.05) is 14.2 Å². The Hall–Kier alpha value is 0.684. The fraction of sp³-hybridized carbons (Fsp3) is 1.00. The molecule has 15 heteroatoms. The number of hydrogen-bond donors (Lipinski definition) is 0. The first-order chi connectivity index (χ1) is 20.6. The van der Waals surface area contributed by atoms with Gasteiger partial charge >= 0.3 is 17.6 Å². The van der Waals surface area contributed by atoms with Gasteiger partial charge in [-0.3, -0.25) is 0 Å². The molecule has 256 valence electrons. The zero-order chi connectivity index (χ0) is 32.0. The summed E-state index contributed by atoms with van der Waals surface area (Å²) in [6, 6.07) is 11.9. The van der Waals surface area contributed by atoms with Crippen molar-refractivity contribution in [1.29, 1.82) is 0 Å². The van der Waals surface area contributed by atoms with Crippen molar-refractivity contribution in [1.82, 2.24) is 9.13 Å². The van der Waals surface area contributed by atoms with E-state index in [1.54, 1.807) is 42.7 Å². The molecule has 0 aromatic heterocycles. The van der Waals surface area contributed by atoms with Crippen LogP contribution in [0.2, 0.25) is 60.4 Å². The minimum Gasteiger partial charge on any atom is -0.406 e. The van der Waals surface area contributed by atoms with Crippen LogP contribution in [0, 0.1) is 0 Å². The second-order valence-corrected chi connectivity index (χ2v) is 32.2. The van der Waals surface area contributed by atoms with Crippen molar-refractivity contribution in [3.63, 3.8) is 0 Å². The van der Waals surface area contributed by atoms with Gasteiger partial charge in [0.25, 0.3) is 17.0 Å². The zero-order valence-electron chi connectivity index (χ0n) is 29.4. The van der Waals surface area contributed by atoms with E-state index in [-0.39, 0.29) is 0 Å².